The molecule has 0 radical (unpaired) electrons. The van der Waals surface area contributed by atoms with Gasteiger partial charge in [0.25, 0.3) is 5.91 Å². The summed E-state index contributed by atoms with van der Waals surface area (Å²) >= 11 is 0. The number of carbonyl (C=O) groups is 2. The van der Waals surface area contributed by atoms with Gasteiger partial charge >= 0.3 is 0 Å². The van der Waals surface area contributed by atoms with Gasteiger partial charge in [0.2, 0.25) is 5.91 Å². The predicted molar refractivity (Wildman–Crippen MR) is 76.3 cm³/mol. The van der Waals surface area contributed by atoms with Gasteiger partial charge in [0.1, 0.15) is 6.04 Å². The Labute approximate surface area is 123 Å². The number of piperazine rings is 1. The van der Waals surface area contributed by atoms with Crippen LogP contribution in [0.15, 0.2) is 18.5 Å². The Bertz CT molecular complexity index is 604. The van der Waals surface area contributed by atoms with Gasteiger partial charge in [-0.15, -0.1) is 0 Å². The lowest BCUT2D eigenvalue weighted by Gasteiger charge is -2.33. The van der Waals surface area contributed by atoms with E-state index >= 15 is 0 Å². The van der Waals surface area contributed by atoms with Gasteiger partial charge in [-0.2, -0.15) is 0 Å². The van der Waals surface area contributed by atoms with E-state index < -0.39 is 6.04 Å². The molecule has 1 atom stereocenters. The number of nitrogens with one attached hydrogen (secondary N) is 1. The number of amides is 2. The Hall–Kier alpha value is -2.39. The summed E-state index contributed by atoms with van der Waals surface area (Å²) in [4.78, 5) is 29.8. The minimum Gasteiger partial charge on any atom is -0.395 e. The summed E-state index contributed by atoms with van der Waals surface area (Å²) in [5.74, 6) is 5.23. The maximum atomic E-state index is 12.6. The highest BCUT2D eigenvalue weighted by atomic mass is 16.2. The van der Waals surface area contributed by atoms with Crippen LogP contribution in [0.25, 0.3) is 0 Å². The molecule has 1 aliphatic heterocycles. The van der Waals surface area contributed by atoms with Gasteiger partial charge in [-0.3, -0.25) is 14.6 Å². The molecule has 1 saturated heterocycles. The molecule has 1 fully saturated rings. The SMILES string of the molecule is CC1C(=O)NCCN1C(=O)c1ccncc1C#CCCO. The smallest absolute Gasteiger partial charge is 0.255 e. The lowest BCUT2D eigenvalue weighted by Crippen LogP contribution is -2.55. The average Bonchev–Trinajstić information content (AvgIpc) is 2.50. The van der Waals surface area contributed by atoms with E-state index in [2.05, 4.69) is 22.1 Å². The molecule has 2 heterocycles. The van der Waals surface area contributed by atoms with E-state index in [1.54, 1.807) is 13.0 Å². The van der Waals surface area contributed by atoms with E-state index in [0.29, 0.717) is 30.6 Å². The number of rotatable bonds is 2. The van der Waals surface area contributed by atoms with Crippen LogP contribution < -0.4 is 5.32 Å². The standard InChI is InChI=1S/C15H17N3O3/c1-11-14(20)17-7-8-18(11)15(21)13-5-6-16-10-12(13)4-2-3-9-19/h5-6,10-11,19H,3,7-9H2,1H3,(H,17,20). The van der Waals surface area contributed by atoms with Crippen molar-refractivity contribution in [3.8, 4) is 11.8 Å². The molecule has 110 valence electrons. The van der Waals surface area contributed by atoms with Crippen molar-refractivity contribution in [2.45, 2.75) is 19.4 Å². The molecule has 1 aromatic rings. The Kier molecular flexibility index (Phi) is 4.90. The minimum absolute atomic E-state index is 0.0279. The molecule has 1 aliphatic rings. The monoisotopic (exact) mass is 287 g/mol. The molecule has 2 N–H and O–H groups in total. The largest absolute Gasteiger partial charge is 0.395 e. The van der Waals surface area contributed by atoms with Crippen molar-refractivity contribution in [2.24, 2.45) is 0 Å². The summed E-state index contributed by atoms with van der Waals surface area (Å²) in [7, 11) is 0. The van der Waals surface area contributed by atoms with E-state index in [-0.39, 0.29) is 18.4 Å². The fourth-order valence-corrected chi connectivity index (χ4v) is 2.11. The summed E-state index contributed by atoms with van der Waals surface area (Å²) in [6, 6.07) is 1.10. The van der Waals surface area contributed by atoms with Crippen molar-refractivity contribution in [3.05, 3.63) is 29.6 Å². The Morgan fingerprint density at radius 2 is 2.43 bits per heavy atom. The fourth-order valence-electron chi connectivity index (χ4n) is 2.11. The van der Waals surface area contributed by atoms with Gasteiger partial charge in [-0.1, -0.05) is 11.8 Å². The van der Waals surface area contributed by atoms with Gasteiger partial charge < -0.3 is 15.3 Å². The van der Waals surface area contributed by atoms with E-state index in [9.17, 15) is 9.59 Å². The molecule has 0 saturated carbocycles. The lowest BCUT2D eigenvalue weighted by molar-refractivity contribution is -0.127. The molecule has 1 unspecified atom stereocenters. The zero-order valence-corrected chi connectivity index (χ0v) is 11.8. The number of hydrogen-bond donors (Lipinski definition) is 2. The van der Waals surface area contributed by atoms with Crippen LogP contribution in [0.2, 0.25) is 0 Å². The van der Waals surface area contributed by atoms with Crippen molar-refractivity contribution in [2.75, 3.05) is 19.7 Å². The first-order valence-corrected chi connectivity index (χ1v) is 6.77. The van der Waals surface area contributed by atoms with Crippen LogP contribution in [0.1, 0.15) is 29.3 Å². The van der Waals surface area contributed by atoms with Gasteiger partial charge in [0.05, 0.1) is 17.7 Å². The Balaban J connectivity index is 2.27. The van der Waals surface area contributed by atoms with Crippen LogP contribution in [0.5, 0.6) is 0 Å². The first kappa shape index (κ1) is 15.0. The second kappa shape index (κ2) is 6.86. The Morgan fingerprint density at radius 1 is 1.62 bits per heavy atom. The highest BCUT2D eigenvalue weighted by Gasteiger charge is 2.30. The minimum atomic E-state index is -0.502. The summed E-state index contributed by atoms with van der Waals surface area (Å²) in [5, 5.41) is 11.5. The van der Waals surface area contributed by atoms with Crippen molar-refractivity contribution >= 4 is 11.8 Å². The predicted octanol–water partition coefficient (Wildman–Crippen LogP) is -0.224. The zero-order chi connectivity index (χ0) is 15.2. The Morgan fingerprint density at radius 3 is 3.19 bits per heavy atom. The molecule has 0 bridgehead atoms. The lowest BCUT2D eigenvalue weighted by atomic mass is 10.1. The topological polar surface area (TPSA) is 82.5 Å². The third kappa shape index (κ3) is 3.38. The molecule has 0 aliphatic carbocycles. The quantitative estimate of drug-likeness (QED) is 0.737. The molecule has 6 heteroatoms. The van der Waals surface area contributed by atoms with E-state index in [4.69, 9.17) is 5.11 Å². The highest BCUT2D eigenvalue weighted by Crippen LogP contribution is 2.13. The van der Waals surface area contributed by atoms with Crippen LogP contribution in [0.4, 0.5) is 0 Å². The fraction of sp³-hybridized carbons (Fsp3) is 0.400. The molecule has 1 aromatic heterocycles. The van der Waals surface area contributed by atoms with Crippen LogP contribution in [-0.2, 0) is 4.79 Å². The van der Waals surface area contributed by atoms with Crippen LogP contribution in [0.3, 0.4) is 0 Å². The third-order valence-electron chi connectivity index (χ3n) is 3.27. The number of hydrogen-bond acceptors (Lipinski definition) is 4. The second-order valence-electron chi connectivity index (χ2n) is 4.66. The van der Waals surface area contributed by atoms with Gasteiger partial charge in [-0.05, 0) is 13.0 Å². The van der Waals surface area contributed by atoms with Crippen molar-refractivity contribution in [1.82, 2.24) is 15.2 Å². The molecule has 6 nitrogen and oxygen atoms in total. The van der Waals surface area contributed by atoms with Gasteiger partial charge in [-0.25, -0.2) is 0 Å². The van der Waals surface area contributed by atoms with Crippen LogP contribution in [-0.4, -0.2) is 52.5 Å². The van der Waals surface area contributed by atoms with Crippen molar-refractivity contribution in [3.63, 3.8) is 0 Å². The zero-order valence-electron chi connectivity index (χ0n) is 11.8. The van der Waals surface area contributed by atoms with E-state index in [1.807, 2.05) is 0 Å². The first-order valence-electron chi connectivity index (χ1n) is 6.77. The second-order valence-corrected chi connectivity index (χ2v) is 4.66. The van der Waals surface area contributed by atoms with Gasteiger partial charge in [0.15, 0.2) is 0 Å². The third-order valence-corrected chi connectivity index (χ3v) is 3.27. The van der Waals surface area contributed by atoms with Crippen LogP contribution in [0, 0.1) is 11.8 Å². The van der Waals surface area contributed by atoms with Crippen molar-refractivity contribution in [1.29, 1.82) is 0 Å². The average molecular weight is 287 g/mol. The molecule has 2 rings (SSSR count). The summed E-state index contributed by atoms with van der Waals surface area (Å²) in [5.41, 5.74) is 0.936. The number of aliphatic hydroxyl groups excluding tert-OH is 1. The summed E-state index contributed by atoms with van der Waals surface area (Å²) < 4.78 is 0. The van der Waals surface area contributed by atoms with Crippen LogP contribution >= 0.6 is 0 Å². The number of pyridine rings is 1. The van der Waals surface area contributed by atoms with Gasteiger partial charge in [0, 0.05) is 31.9 Å². The van der Waals surface area contributed by atoms with E-state index in [0.717, 1.165) is 0 Å². The molecular weight excluding hydrogens is 270 g/mol. The normalized spacial score (nSPS) is 17.7. The number of aromatic nitrogens is 1. The molecule has 0 spiro atoms. The summed E-state index contributed by atoms with van der Waals surface area (Å²) in [6.07, 6.45) is 3.39. The molecule has 21 heavy (non-hydrogen) atoms. The summed E-state index contributed by atoms with van der Waals surface area (Å²) in [6.45, 7) is 2.59. The molecule has 0 aromatic carbocycles. The van der Waals surface area contributed by atoms with Crippen molar-refractivity contribution < 1.29 is 14.7 Å². The molecule has 2 amide bonds. The highest BCUT2D eigenvalue weighted by molar-refractivity contribution is 5.99. The number of carbonyl (C=O) groups excluding carboxylic acids is 2. The van der Waals surface area contributed by atoms with E-state index in [1.165, 1.54) is 17.3 Å². The number of nitrogens with zero attached hydrogens (tertiary/aromatic N) is 2. The number of aliphatic hydroxyl groups is 1. The maximum absolute atomic E-state index is 12.6. The first-order chi connectivity index (χ1) is 10.1. The molecular formula is C15H17N3O3. The maximum Gasteiger partial charge on any atom is 0.255 e.